The predicted octanol–water partition coefficient (Wildman–Crippen LogP) is 1.85. The van der Waals surface area contributed by atoms with E-state index in [2.05, 4.69) is 10.9 Å². The third kappa shape index (κ3) is 2.29. The van der Waals surface area contributed by atoms with Gasteiger partial charge in [0.2, 0.25) is 5.96 Å². The zero-order valence-corrected chi connectivity index (χ0v) is 13.1. The van der Waals surface area contributed by atoms with Crippen molar-refractivity contribution in [1.82, 2.24) is 4.31 Å². The van der Waals surface area contributed by atoms with E-state index in [1.807, 2.05) is 6.92 Å². The van der Waals surface area contributed by atoms with Crippen molar-refractivity contribution in [3.05, 3.63) is 35.4 Å². The van der Waals surface area contributed by atoms with Crippen molar-refractivity contribution < 1.29 is 13.0 Å². The van der Waals surface area contributed by atoms with Crippen LogP contribution in [0.3, 0.4) is 0 Å². The Kier molecular flexibility index (Phi) is 3.73. The number of aliphatic imine (C=N–C) groups is 1. The highest BCUT2D eigenvalue weighted by Gasteiger charge is 2.47. The molecular weight excluding hydrogens is 296 g/mol. The van der Waals surface area contributed by atoms with Crippen LogP contribution in [-0.2, 0) is 15.2 Å². The molecule has 1 aromatic carbocycles. The SMILES string of the molecule is C=S1(=O)C(CC)[C@@](C)(c2cc(F)ccc2F)N=C(N)N1C. The van der Waals surface area contributed by atoms with E-state index in [4.69, 9.17) is 5.73 Å². The number of nitrogens with zero attached hydrogens (tertiary/aromatic N) is 2. The summed E-state index contributed by atoms with van der Waals surface area (Å²) in [5, 5.41) is -0.585. The molecule has 7 heteroatoms. The number of hydrogen-bond acceptors (Lipinski definition) is 3. The minimum atomic E-state index is -2.80. The van der Waals surface area contributed by atoms with Crippen LogP contribution in [0.4, 0.5) is 8.78 Å². The molecule has 2 unspecified atom stereocenters. The van der Waals surface area contributed by atoms with Crippen molar-refractivity contribution >= 4 is 21.5 Å². The van der Waals surface area contributed by atoms with Gasteiger partial charge in [0, 0.05) is 12.6 Å². The van der Waals surface area contributed by atoms with Crippen molar-refractivity contribution in [3.8, 4) is 0 Å². The highest BCUT2D eigenvalue weighted by atomic mass is 32.2. The smallest absolute Gasteiger partial charge is 0.203 e. The molecular formula is C14H19F2N3OS. The van der Waals surface area contributed by atoms with Crippen LogP contribution < -0.4 is 5.73 Å². The molecule has 1 aromatic rings. The Morgan fingerprint density at radius 2 is 2.14 bits per heavy atom. The second-order valence-corrected chi connectivity index (χ2v) is 7.82. The Morgan fingerprint density at radius 3 is 2.71 bits per heavy atom. The van der Waals surface area contributed by atoms with Crippen molar-refractivity contribution in [2.45, 2.75) is 31.1 Å². The maximum atomic E-state index is 14.2. The van der Waals surface area contributed by atoms with E-state index in [0.29, 0.717) is 6.42 Å². The van der Waals surface area contributed by atoms with Gasteiger partial charge in [0.1, 0.15) is 17.2 Å². The van der Waals surface area contributed by atoms with Gasteiger partial charge in [-0.05, 0) is 37.4 Å². The maximum Gasteiger partial charge on any atom is 0.203 e. The molecule has 1 aliphatic rings. The molecule has 4 nitrogen and oxygen atoms in total. The first kappa shape index (κ1) is 15.8. The Morgan fingerprint density at radius 1 is 1.52 bits per heavy atom. The van der Waals surface area contributed by atoms with Gasteiger partial charge in [0.25, 0.3) is 0 Å². The fourth-order valence-electron chi connectivity index (χ4n) is 2.87. The summed E-state index contributed by atoms with van der Waals surface area (Å²) in [5.41, 5.74) is 4.63. The molecule has 2 rings (SSSR count). The van der Waals surface area contributed by atoms with Gasteiger partial charge in [0.15, 0.2) is 0 Å². The summed E-state index contributed by atoms with van der Waals surface area (Å²) in [7, 11) is -1.26. The highest BCUT2D eigenvalue weighted by molar-refractivity contribution is 7.99. The molecule has 0 radical (unpaired) electrons. The molecule has 0 aromatic heterocycles. The molecule has 0 aliphatic carbocycles. The monoisotopic (exact) mass is 315 g/mol. The van der Waals surface area contributed by atoms with Gasteiger partial charge in [0.05, 0.1) is 15.0 Å². The van der Waals surface area contributed by atoms with E-state index in [1.54, 1.807) is 14.0 Å². The van der Waals surface area contributed by atoms with Crippen LogP contribution >= 0.6 is 0 Å². The maximum absolute atomic E-state index is 14.2. The quantitative estimate of drug-likeness (QED) is 0.847. The highest BCUT2D eigenvalue weighted by Crippen LogP contribution is 2.40. The Hall–Kier alpha value is -1.63. The summed E-state index contributed by atoms with van der Waals surface area (Å²) < 4.78 is 42.0. The number of guanidine groups is 1. The van der Waals surface area contributed by atoms with E-state index < -0.39 is 32.1 Å². The van der Waals surface area contributed by atoms with Gasteiger partial charge < -0.3 is 5.73 Å². The van der Waals surface area contributed by atoms with Crippen molar-refractivity contribution in [2.24, 2.45) is 10.7 Å². The second kappa shape index (κ2) is 4.98. The van der Waals surface area contributed by atoms with Gasteiger partial charge in [-0.25, -0.2) is 18.0 Å². The largest absolute Gasteiger partial charge is 0.369 e. The Labute approximate surface area is 123 Å². The number of halogens is 2. The summed E-state index contributed by atoms with van der Waals surface area (Å²) in [4.78, 5) is 4.31. The van der Waals surface area contributed by atoms with Crippen LogP contribution in [0.15, 0.2) is 23.2 Å². The van der Waals surface area contributed by atoms with Crippen LogP contribution in [0.1, 0.15) is 25.8 Å². The number of benzene rings is 1. The Balaban J connectivity index is 2.77. The van der Waals surface area contributed by atoms with Gasteiger partial charge in [-0.3, -0.25) is 4.31 Å². The van der Waals surface area contributed by atoms with Crippen molar-refractivity contribution in [3.63, 3.8) is 0 Å². The average Bonchev–Trinajstić information content (AvgIpc) is 2.39. The standard InChI is InChI=1S/C14H19F2N3OS/c1-5-12-14(2,10-8-9(15)6-7-11(10)16)18-13(17)19(3)21(12,4)20/h6-8,12H,4-5H2,1-3H3,(H2,17,18)/t12?,14-,21?/m1/s1. The number of rotatable bonds is 2. The van der Waals surface area contributed by atoms with Crippen LogP contribution in [-0.4, -0.2) is 32.6 Å². The van der Waals surface area contributed by atoms with E-state index in [1.165, 1.54) is 4.31 Å². The van der Waals surface area contributed by atoms with Crippen LogP contribution in [0.5, 0.6) is 0 Å². The summed E-state index contributed by atoms with van der Waals surface area (Å²) in [5.74, 6) is 2.59. The minimum Gasteiger partial charge on any atom is -0.369 e. The van der Waals surface area contributed by atoms with Crippen LogP contribution in [0, 0.1) is 11.6 Å². The first-order chi connectivity index (χ1) is 9.64. The lowest BCUT2D eigenvalue weighted by molar-refractivity contribution is 0.402. The normalized spacial score (nSPS) is 32.9. The summed E-state index contributed by atoms with van der Waals surface area (Å²) in [6.45, 7) is 3.43. The average molecular weight is 315 g/mol. The zero-order chi connectivity index (χ0) is 16.0. The molecule has 2 N–H and O–H groups in total. The third-order valence-electron chi connectivity index (χ3n) is 4.05. The third-order valence-corrected chi connectivity index (χ3v) is 6.84. The molecule has 1 aliphatic heterocycles. The van der Waals surface area contributed by atoms with Crippen LogP contribution in [0.2, 0.25) is 0 Å². The molecule has 0 saturated carbocycles. The van der Waals surface area contributed by atoms with E-state index in [0.717, 1.165) is 18.2 Å². The van der Waals surface area contributed by atoms with Crippen molar-refractivity contribution in [2.75, 3.05) is 7.05 Å². The summed E-state index contributed by atoms with van der Waals surface area (Å²) >= 11 is 0. The molecule has 0 fully saturated rings. The Bertz CT molecular complexity index is 702. The van der Waals surface area contributed by atoms with E-state index >= 15 is 0 Å². The lowest BCUT2D eigenvalue weighted by Gasteiger charge is -2.44. The molecule has 0 amide bonds. The van der Waals surface area contributed by atoms with Gasteiger partial charge >= 0.3 is 0 Å². The van der Waals surface area contributed by atoms with Crippen molar-refractivity contribution in [1.29, 1.82) is 0 Å². The van der Waals surface area contributed by atoms with Gasteiger partial charge in [-0.2, -0.15) is 0 Å². The minimum absolute atomic E-state index is 0.00543. The molecule has 21 heavy (non-hydrogen) atoms. The molecule has 116 valence electrons. The first-order valence-corrected chi connectivity index (χ1v) is 8.30. The molecule has 0 bridgehead atoms. The lowest BCUT2D eigenvalue weighted by atomic mass is 9.87. The van der Waals surface area contributed by atoms with Gasteiger partial charge in [-0.1, -0.05) is 6.92 Å². The lowest BCUT2D eigenvalue weighted by Crippen LogP contribution is -2.56. The molecule has 0 spiro atoms. The fraction of sp³-hybridized carbons (Fsp3) is 0.429. The molecule has 0 saturated heterocycles. The molecule has 1 heterocycles. The summed E-state index contributed by atoms with van der Waals surface area (Å²) in [6.07, 6.45) is 0.440. The number of nitrogens with two attached hydrogens (primary N) is 1. The topological polar surface area (TPSA) is 58.7 Å². The first-order valence-electron chi connectivity index (χ1n) is 6.55. The van der Waals surface area contributed by atoms with Gasteiger partial charge in [-0.15, -0.1) is 0 Å². The van der Waals surface area contributed by atoms with E-state index in [-0.39, 0.29) is 11.5 Å². The summed E-state index contributed by atoms with van der Waals surface area (Å²) in [6, 6.07) is 3.15. The predicted molar refractivity (Wildman–Crippen MR) is 82.4 cm³/mol. The second-order valence-electron chi connectivity index (χ2n) is 5.33. The zero-order valence-electron chi connectivity index (χ0n) is 12.3. The van der Waals surface area contributed by atoms with Crippen LogP contribution in [0.25, 0.3) is 0 Å². The molecule has 3 atom stereocenters. The fourth-order valence-corrected chi connectivity index (χ4v) is 5.02. The van der Waals surface area contributed by atoms with E-state index in [9.17, 15) is 13.0 Å². The number of hydrogen-bond donors (Lipinski definition) is 1.